The fourth-order valence-corrected chi connectivity index (χ4v) is 3.37. The van der Waals surface area contributed by atoms with Crippen LogP contribution in [-0.2, 0) is 6.54 Å². The van der Waals surface area contributed by atoms with Crippen molar-refractivity contribution in [3.05, 3.63) is 58.3 Å². The lowest BCUT2D eigenvalue weighted by Gasteiger charge is -2.11. The molecule has 0 radical (unpaired) electrons. The standard InChI is InChI=1S/C16H17BrFNS/c1-2-8-19-11-12-6-7-13(17)9-16(12)20-15-5-3-4-14(18)10-15/h3-7,9-10,19H,2,8,11H2,1H3. The summed E-state index contributed by atoms with van der Waals surface area (Å²) in [5.74, 6) is -0.198. The summed E-state index contributed by atoms with van der Waals surface area (Å²) in [6.45, 7) is 3.98. The van der Waals surface area contributed by atoms with Crippen LogP contribution in [0.4, 0.5) is 4.39 Å². The monoisotopic (exact) mass is 353 g/mol. The van der Waals surface area contributed by atoms with Crippen molar-refractivity contribution >= 4 is 27.7 Å². The zero-order valence-corrected chi connectivity index (χ0v) is 13.7. The largest absolute Gasteiger partial charge is 0.313 e. The van der Waals surface area contributed by atoms with Crippen molar-refractivity contribution in [3.8, 4) is 0 Å². The van der Waals surface area contributed by atoms with Crippen LogP contribution in [0, 0.1) is 5.82 Å². The lowest BCUT2D eigenvalue weighted by molar-refractivity contribution is 0.624. The Morgan fingerprint density at radius 1 is 1.20 bits per heavy atom. The van der Waals surface area contributed by atoms with Gasteiger partial charge in [0.25, 0.3) is 0 Å². The van der Waals surface area contributed by atoms with E-state index in [1.807, 2.05) is 12.1 Å². The molecule has 0 saturated carbocycles. The highest BCUT2D eigenvalue weighted by atomic mass is 79.9. The minimum atomic E-state index is -0.198. The molecule has 20 heavy (non-hydrogen) atoms. The summed E-state index contributed by atoms with van der Waals surface area (Å²) >= 11 is 5.09. The maximum Gasteiger partial charge on any atom is 0.124 e. The second kappa shape index (κ2) is 7.81. The fourth-order valence-electron chi connectivity index (χ4n) is 1.83. The van der Waals surface area contributed by atoms with Gasteiger partial charge in [0.15, 0.2) is 0 Å². The molecule has 0 heterocycles. The van der Waals surface area contributed by atoms with Crippen molar-refractivity contribution in [2.75, 3.05) is 6.54 Å². The number of nitrogens with one attached hydrogen (secondary N) is 1. The normalized spacial score (nSPS) is 10.8. The van der Waals surface area contributed by atoms with Gasteiger partial charge in [-0.3, -0.25) is 0 Å². The van der Waals surface area contributed by atoms with Crippen LogP contribution in [0.15, 0.2) is 56.7 Å². The highest BCUT2D eigenvalue weighted by molar-refractivity contribution is 9.10. The molecule has 0 unspecified atom stereocenters. The molecule has 0 spiro atoms. The number of hydrogen-bond donors (Lipinski definition) is 1. The molecule has 2 aromatic rings. The van der Waals surface area contributed by atoms with Crippen molar-refractivity contribution < 1.29 is 4.39 Å². The van der Waals surface area contributed by atoms with Crippen LogP contribution >= 0.6 is 27.7 Å². The molecule has 1 nitrogen and oxygen atoms in total. The van der Waals surface area contributed by atoms with Gasteiger partial charge in [-0.1, -0.05) is 46.7 Å². The van der Waals surface area contributed by atoms with Crippen LogP contribution in [0.25, 0.3) is 0 Å². The molecule has 0 saturated heterocycles. The Kier molecular flexibility index (Phi) is 6.07. The van der Waals surface area contributed by atoms with Crippen molar-refractivity contribution in [1.82, 2.24) is 5.32 Å². The number of hydrogen-bond acceptors (Lipinski definition) is 2. The summed E-state index contributed by atoms with van der Waals surface area (Å²) in [5.41, 5.74) is 1.23. The number of halogens is 2. The highest BCUT2D eigenvalue weighted by Gasteiger charge is 2.06. The fraction of sp³-hybridized carbons (Fsp3) is 0.250. The molecule has 2 aromatic carbocycles. The summed E-state index contributed by atoms with van der Waals surface area (Å²) in [6.07, 6.45) is 1.11. The molecule has 0 aliphatic carbocycles. The maximum atomic E-state index is 13.3. The maximum absolute atomic E-state index is 13.3. The van der Waals surface area contributed by atoms with Gasteiger partial charge in [0.1, 0.15) is 5.82 Å². The summed E-state index contributed by atoms with van der Waals surface area (Å²) in [6, 6.07) is 12.9. The Balaban J connectivity index is 2.18. The van der Waals surface area contributed by atoms with Crippen molar-refractivity contribution in [3.63, 3.8) is 0 Å². The van der Waals surface area contributed by atoms with Crippen LogP contribution < -0.4 is 5.32 Å². The molecule has 106 valence electrons. The summed E-state index contributed by atoms with van der Waals surface area (Å²) in [4.78, 5) is 2.06. The van der Waals surface area contributed by atoms with Gasteiger partial charge in [0.05, 0.1) is 0 Å². The molecule has 0 atom stereocenters. The van der Waals surface area contributed by atoms with Crippen molar-refractivity contribution in [2.24, 2.45) is 0 Å². The average Bonchev–Trinajstić information content (AvgIpc) is 2.41. The Labute approximate surface area is 132 Å². The Hall–Kier alpha value is -0.840. The summed E-state index contributed by atoms with van der Waals surface area (Å²) in [7, 11) is 0. The van der Waals surface area contributed by atoms with Crippen molar-refractivity contribution in [2.45, 2.75) is 29.7 Å². The predicted molar refractivity (Wildman–Crippen MR) is 86.7 cm³/mol. The summed E-state index contributed by atoms with van der Waals surface area (Å²) < 4.78 is 14.3. The van der Waals surface area contributed by atoms with Gasteiger partial charge in [-0.25, -0.2) is 4.39 Å². The molecule has 4 heteroatoms. The molecule has 0 aliphatic rings. The predicted octanol–water partition coefficient (Wildman–Crippen LogP) is 5.24. The molecule has 0 amide bonds. The summed E-state index contributed by atoms with van der Waals surface area (Å²) in [5, 5.41) is 3.41. The highest BCUT2D eigenvalue weighted by Crippen LogP contribution is 2.32. The van der Waals surface area contributed by atoms with E-state index in [1.165, 1.54) is 11.6 Å². The average molecular weight is 354 g/mol. The zero-order valence-electron chi connectivity index (χ0n) is 11.3. The van der Waals surface area contributed by atoms with E-state index in [0.717, 1.165) is 33.8 Å². The smallest absolute Gasteiger partial charge is 0.124 e. The molecule has 0 bridgehead atoms. The van der Waals surface area contributed by atoms with Crippen LogP contribution in [-0.4, -0.2) is 6.54 Å². The van der Waals surface area contributed by atoms with Gasteiger partial charge in [-0.15, -0.1) is 0 Å². The third-order valence-electron chi connectivity index (χ3n) is 2.80. The van der Waals surface area contributed by atoms with E-state index in [-0.39, 0.29) is 5.82 Å². The van der Waals surface area contributed by atoms with Gasteiger partial charge >= 0.3 is 0 Å². The van der Waals surface area contributed by atoms with Crippen LogP contribution in [0.2, 0.25) is 0 Å². The molecule has 1 N–H and O–H groups in total. The number of benzene rings is 2. The van der Waals surface area contributed by atoms with E-state index < -0.39 is 0 Å². The zero-order chi connectivity index (χ0) is 14.4. The molecular formula is C16H17BrFNS. The molecule has 0 aliphatic heterocycles. The van der Waals surface area contributed by atoms with Gasteiger partial charge < -0.3 is 5.32 Å². The van der Waals surface area contributed by atoms with Crippen LogP contribution in [0.5, 0.6) is 0 Å². The molecule has 0 fully saturated rings. The first-order chi connectivity index (χ1) is 9.69. The molecule has 2 rings (SSSR count). The van der Waals surface area contributed by atoms with E-state index in [4.69, 9.17) is 0 Å². The third kappa shape index (κ3) is 4.62. The lowest BCUT2D eigenvalue weighted by Crippen LogP contribution is -2.14. The van der Waals surface area contributed by atoms with Gasteiger partial charge in [0, 0.05) is 20.8 Å². The molecule has 0 aromatic heterocycles. The van der Waals surface area contributed by atoms with Gasteiger partial charge in [0.2, 0.25) is 0 Å². The third-order valence-corrected chi connectivity index (χ3v) is 4.38. The quantitative estimate of drug-likeness (QED) is 0.712. The van der Waals surface area contributed by atoms with Crippen LogP contribution in [0.3, 0.4) is 0 Å². The van der Waals surface area contributed by atoms with Crippen molar-refractivity contribution in [1.29, 1.82) is 0 Å². The van der Waals surface area contributed by atoms with E-state index in [9.17, 15) is 4.39 Å². The molecular weight excluding hydrogens is 337 g/mol. The van der Waals surface area contributed by atoms with E-state index in [0.29, 0.717) is 0 Å². The Morgan fingerprint density at radius 3 is 2.80 bits per heavy atom. The minimum absolute atomic E-state index is 0.198. The van der Waals surface area contributed by atoms with Gasteiger partial charge in [-0.2, -0.15) is 0 Å². The SMILES string of the molecule is CCCNCc1ccc(Br)cc1Sc1cccc(F)c1. The minimum Gasteiger partial charge on any atom is -0.313 e. The van der Waals surface area contributed by atoms with E-state index >= 15 is 0 Å². The second-order valence-corrected chi connectivity index (χ2v) is 6.52. The first-order valence-corrected chi connectivity index (χ1v) is 8.22. The first kappa shape index (κ1) is 15.5. The number of rotatable bonds is 6. The topological polar surface area (TPSA) is 12.0 Å². The van der Waals surface area contributed by atoms with Crippen LogP contribution in [0.1, 0.15) is 18.9 Å². The first-order valence-electron chi connectivity index (χ1n) is 6.61. The van der Waals surface area contributed by atoms with E-state index in [1.54, 1.807) is 23.9 Å². The Bertz CT molecular complexity index is 574. The van der Waals surface area contributed by atoms with Gasteiger partial charge in [-0.05, 0) is 48.9 Å². The lowest BCUT2D eigenvalue weighted by atomic mass is 10.2. The second-order valence-electron chi connectivity index (χ2n) is 4.49. The Morgan fingerprint density at radius 2 is 2.05 bits per heavy atom. The van der Waals surface area contributed by atoms with E-state index in [2.05, 4.69) is 40.3 Å².